The minimum atomic E-state index is -0.352. The van der Waals surface area contributed by atoms with Crippen molar-refractivity contribution in [3.05, 3.63) is 64.0 Å². The SMILES string of the molecule is Cn1c(=O)n(CC(=O)Nc2nnc(-c3ccccc3Cl)s2)c2ccccc21. The molecule has 0 bridgehead atoms. The van der Waals surface area contributed by atoms with E-state index in [1.54, 1.807) is 13.1 Å². The molecule has 9 heteroatoms. The minimum absolute atomic E-state index is 0.110. The van der Waals surface area contributed by atoms with Gasteiger partial charge in [0, 0.05) is 12.6 Å². The fourth-order valence-electron chi connectivity index (χ4n) is 2.84. The van der Waals surface area contributed by atoms with Crippen molar-refractivity contribution >= 4 is 45.0 Å². The first-order valence-electron chi connectivity index (χ1n) is 8.07. The summed E-state index contributed by atoms with van der Waals surface area (Å²) < 4.78 is 2.95. The number of nitrogens with zero attached hydrogens (tertiary/aromatic N) is 4. The Hall–Kier alpha value is -2.97. The third-order valence-corrected chi connectivity index (χ3v) is 5.33. The van der Waals surface area contributed by atoms with Gasteiger partial charge in [-0.25, -0.2) is 4.79 Å². The number of rotatable bonds is 4. The van der Waals surface area contributed by atoms with Crippen LogP contribution in [-0.4, -0.2) is 25.2 Å². The summed E-state index contributed by atoms with van der Waals surface area (Å²) in [6, 6.07) is 14.6. The molecule has 2 aromatic carbocycles. The van der Waals surface area contributed by atoms with Crippen molar-refractivity contribution in [3.63, 3.8) is 0 Å². The van der Waals surface area contributed by atoms with Gasteiger partial charge in [0.25, 0.3) is 0 Å². The highest BCUT2D eigenvalue weighted by Gasteiger charge is 2.15. The van der Waals surface area contributed by atoms with E-state index in [-0.39, 0.29) is 18.1 Å². The zero-order valence-corrected chi connectivity index (χ0v) is 15.8. The summed E-state index contributed by atoms with van der Waals surface area (Å²) in [5.41, 5.74) is 1.98. The second-order valence-corrected chi connectivity index (χ2v) is 7.24. The summed E-state index contributed by atoms with van der Waals surface area (Å²) in [5, 5.41) is 12.3. The summed E-state index contributed by atoms with van der Waals surface area (Å²) in [6.07, 6.45) is 0. The van der Waals surface area contributed by atoms with Crippen LogP contribution in [0.2, 0.25) is 5.02 Å². The van der Waals surface area contributed by atoms with E-state index in [9.17, 15) is 9.59 Å². The maximum atomic E-state index is 12.4. The quantitative estimate of drug-likeness (QED) is 0.571. The van der Waals surface area contributed by atoms with Gasteiger partial charge in [-0.15, -0.1) is 10.2 Å². The Kier molecular flexibility index (Phi) is 4.51. The molecule has 4 rings (SSSR count). The van der Waals surface area contributed by atoms with Gasteiger partial charge in [-0.1, -0.05) is 53.3 Å². The van der Waals surface area contributed by atoms with Crippen LogP contribution >= 0.6 is 22.9 Å². The maximum absolute atomic E-state index is 12.4. The van der Waals surface area contributed by atoms with Crippen molar-refractivity contribution in [2.75, 3.05) is 5.32 Å². The topological polar surface area (TPSA) is 81.8 Å². The first kappa shape index (κ1) is 17.4. The number of para-hydroxylation sites is 2. The first-order valence-corrected chi connectivity index (χ1v) is 9.26. The number of carbonyl (C=O) groups excluding carboxylic acids is 1. The van der Waals surface area contributed by atoms with Crippen molar-refractivity contribution in [3.8, 4) is 10.6 Å². The molecular formula is C18H14ClN5O2S. The number of fused-ring (bicyclic) bond motifs is 1. The summed E-state index contributed by atoms with van der Waals surface area (Å²) in [6.45, 7) is -0.110. The fourth-order valence-corrected chi connectivity index (χ4v) is 3.92. The maximum Gasteiger partial charge on any atom is 0.329 e. The van der Waals surface area contributed by atoms with Crippen molar-refractivity contribution < 1.29 is 4.79 Å². The van der Waals surface area contributed by atoms with E-state index in [2.05, 4.69) is 15.5 Å². The molecule has 0 aliphatic rings. The number of amides is 1. The van der Waals surface area contributed by atoms with Crippen LogP contribution in [0.5, 0.6) is 0 Å². The molecule has 7 nitrogen and oxygen atoms in total. The molecule has 136 valence electrons. The molecule has 0 aliphatic heterocycles. The lowest BCUT2D eigenvalue weighted by Crippen LogP contribution is -2.28. The monoisotopic (exact) mass is 399 g/mol. The Morgan fingerprint density at radius 3 is 2.59 bits per heavy atom. The third kappa shape index (κ3) is 3.24. The molecule has 0 radical (unpaired) electrons. The molecule has 0 unspecified atom stereocenters. The number of aromatic nitrogens is 4. The van der Waals surface area contributed by atoms with Gasteiger partial charge in [-0.2, -0.15) is 0 Å². The normalized spacial score (nSPS) is 11.0. The molecule has 4 aromatic rings. The largest absolute Gasteiger partial charge is 0.329 e. The number of aryl methyl sites for hydroxylation is 1. The van der Waals surface area contributed by atoms with Crippen LogP contribution in [0.1, 0.15) is 0 Å². The molecule has 2 aromatic heterocycles. The molecule has 0 saturated carbocycles. The van der Waals surface area contributed by atoms with E-state index in [4.69, 9.17) is 11.6 Å². The van der Waals surface area contributed by atoms with Crippen LogP contribution in [-0.2, 0) is 18.4 Å². The van der Waals surface area contributed by atoms with Crippen molar-refractivity contribution in [2.24, 2.45) is 7.05 Å². The van der Waals surface area contributed by atoms with Crippen LogP contribution in [0, 0.1) is 0 Å². The van der Waals surface area contributed by atoms with Crippen molar-refractivity contribution in [2.45, 2.75) is 6.54 Å². The lowest BCUT2D eigenvalue weighted by molar-refractivity contribution is -0.116. The number of hydrogen-bond acceptors (Lipinski definition) is 5. The Bertz CT molecular complexity index is 1210. The highest BCUT2D eigenvalue weighted by atomic mass is 35.5. The van der Waals surface area contributed by atoms with Crippen LogP contribution in [0.4, 0.5) is 5.13 Å². The van der Waals surface area contributed by atoms with Crippen LogP contribution in [0.15, 0.2) is 53.3 Å². The lowest BCUT2D eigenvalue weighted by Gasteiger charge is -2.03. The van der Waals surface area contributed by atoms with Gasteiger partial charge in [-0.3, -0.25) is 19.2 Å². The van der Waals surface area contributed by atoms with Gasteiger partial charge in [-0.05, 0) is 18.2 Å². The summed E-state index contributed by atoms with van der Waals surface area (Å²) in [7, 11) is 1.68. The van der Waals surface area contributed by atoms with Gasteiger partial charge >= 0.3 is 5.69 Å². The molecule has 0 spiro atoms. The van der Waals surface area contributed by atoms with Crippen LogP contribution in [0.25, 0.3) is 21.6 Å². The highest BCUT2D eigenvalue weighted by molar-refractivity contribution is 7.18. The van der Waals surface area contributed by atoms with E-state index < -0.39 is 0 Å². The van der Waals surface area contributed by atoms with E-state index in [1.807, 2.05) is 42.5 Å². The standard InChI is InChI=1S/C18H14ClN5O2S/c1-23-13-8-4-5-9-14(13)24(18(23)26)10-15(25)20-17-22-21-16(27-17)11-6-2-3-7-12(11)19/h2-9H,10H2,1H3,(H,20,22,25). The second-order valence-electron chi connectivity index (χ2n) is 5.86. The third-order valence-electron chi connectivity index (χ3n) is 4.13. The molecule has 27 heavy (non-hydrogen) atoms. The Balaban J connectivity index is 1.56. The van der Waals surface area contributed by atoms with Crippen LogP contribution < -0.4 is 11.0 Å². The minimum Gasteiger partial charge on any atom is -0.299 e. The first-order chi connectivity index (χ1) is 13.0. The number of hydrogen-bond donors (Lipinski definition) is 1. The van der Waals surface area contributed by atoms with E-state index in [0.29, 0.717) is 20.7 Å². The van der Waals surface area contributed by atoms with Gasteiger partial charge in [0.15, 0.2) is 5.01 Å². The smallest absolute Gasteiger partial charge is 0.299 e. The van der Waals surface area contributed by atoms with Gasteiger partial charge in [0.1, 0.15) is 6.54 Å². The number of carbonyl (C=O) groups is 1. The zero-order valence-electron chi connectivity index (χ0n) is 14.2. The summed E-state index contributed by atoms with van der Waals surface area (Å²) >= 11 is 7.39. The average Bonchev–Trinajstić information content (AvgIpc) is 3.21. The zero-order chi connectivity index (χ0) is 19.0. The summed E-state index contributed by atoms with van der Waals surface area (Å²) in [5.74, 6) is -0.352. The predicted molar refractivity (Wildman–Crippen MR) is 106 cm³/mol. The number of imidazole rings is 1. The average molecular weight is 400 g/mol. The molecule has 0 saturated heterocycles. The molecule has 0 aliphatic carbocycles. The molecule has 0 fully saturated rings. The van der Waals surface area contributed by atoms with Gasteiger partial charge < -0.3 is 0 Å². The Morgan fingerprint density at radius 2 is 1.81 bits per heavy atom. The Morgan fingerprint density at radius 1 is 1.11 bits per heavy atom. The Labute approximate surface area is 162 Å². The predicted octanol–water partition coefficient (Wildman–Crippen LogP) is 3.15. The number of benzene rings is 2. The fraction of sp³-hybridized carbons (Fsp3) is 0.111. The second kappa shape index (κ2) is 6.98. The van der Waals surface area contributed by atoms with Gasteiger partial charge in [0.05, 0.1) is 16.1 Å². The number of nitrogens with one attached hydrogen (secondary N) is 1. The van der Waals surface area contributed by atoms with Crippen molar-refractivity contribution in [1.29, 1.82) is 0 Å². The lowest BCUT2D eigenvalue weighted by atomic mass is 10.2. The van der Waals surface area contributed by atoms with E-state index >= 15 is 0 Å². The molecule has 1 amide bonds. The molecular weight excluding hydrogens is 386 g/mol. The summed E-state index contributed by atoms with van der Waals surface area (Å²) in [4.78, 5) is 24.8. The molecule has 1 N–H and O–H groups in total. The van der Waals surface area contributed by atoms with Gasteiger partial charge in [0.2, 0.25) is 11.0 Å². The van der Waals surface area contributed by atoms with Crippen molar-refractivity contribution in [1.82, 2.24) is 19.3 Å². The number of halogens is 1. The molecule has 2 heterocycles. The highest BCUT2D eigenvalue weighted by Crippen LogP contribution is 2.31. The van der Waals surface area contributed by atoms with E-state index in [1.165, 1.54) is 20.5 Å². The number of anilines is 1. The van der Waals surface area contributed by atoms with E-state index in [0.717, 1.165) is 11.1 Å². The van der Waals surface area contributed by atoms with Crippen LogP contribution in [0.3, 0.4) is 0 Å². The molecule has 0 atom stereocenters.